The van der Waals surface area contributed by atoms with Crippen molar-refractivity contribution in [1.82, 2.24) is 0 Å². The highest BCUT2D eigenvalue weighted by Gasteiger charge is 2.54. The largest absolute Gasteiger partial charge is 0.463 e. The van der Waals surface area contributed by atoms with E-state index >= 15 is 0 Å². The average molecular weight is 1220 g/mol. The van der Waals surface area contributed by atoms with Crippen molar-refractivity contribution >= 4 is 104 Å². The zero-order valence-corrected chi connectivity index (χ0v) is 52.9. The van der Waals surface area contributed by atoms with E-state index in [1.54, 1.807) is 0 Å². The fourth-order valence-electron chi connectivity index (χ4n) is 16.7. The molecule has 0 bridgehead atoms. The van der Waals surface area contributed by atoms with Gasteiger partial charge in [0.05, 0.1) is 17.8 Å². The number of fused-ring (bicyclic) bond motifs is 8. The molecule has 0 saturated heterocycles. The Morgan fingerprint density at radius 2 is 1.16 bits per heavy atom. The van der Waals surface area contributed by atoms with E-state index in [2.05, 4.69) is 324 Å². The molecule has 0 aromatic heterocycles. The van der Waals surface area contributed by atoms with Crippen LogP contribution in [0.4, 0.5) is 51.2 Å². The minimum Gasteiger partial charge on any atom is -0.463 e. The van der Waals surface area contributed by atoms with Crippen molar-refractivity contribution in [2.45, 2.75) is 79.1 Å². The lowest BCUT2D eigenvalue weighted by atomic mass is 9.28. The average Bonchev–Trinajstić information content (AvgIpc) is 0.698. The lowest BCUT2D eigenvalue weighted by Crippen LogP contribution is -2.65. The van der Waals surface area contributed by atoms with E-state index < -0.39 is 0 Å². The Labute approximate surface area is 551 Å². The number of hydrogen-bond donors (Lipinski definition) is 0. The van der Waals surface area contributed by atoms with Crippen LogP contribution < -0.4 is 51.7 Å². The molecule has 4 heterocycles. The molecule has 0 spiro atoms. The summed E-state index contributed by atoms with van der Waals surface area (Å²) in [6, 6.07) is 97.8. The molecule has 93 heavy (non-hydrogen) atoms. The first-order valence-corrected chi connectivity index (χ1v) is 34.2. The number of ether oxygens (including phenoxy) is 1. The number of benzene rings is 11. The molecule has 0 radical (unpaired) electrons. The molecule has 1 fully saturated rings. The van der Waals surface area contributed by atoms with Gasteiger partial charge in [0.1, 0.15) is 11.5 Å². The van der Waals surface area contributed by atoms with E-state index in [1.807, 2.05) is 11.8 Å². The van der Waals surface area contributed by atoms with Crippen LogP contribution in [0.5, 0.6) is 5.75 Å². The van der Waals surface area contributed by atoms with E-state index in [4.69, 9.17) is 4.74 Å². The van der Waals surface area contributed by atoms with Crippen molar-refractivity contribution in [3.8, 4) is 28.0 Å². The van der Waals surface area contributed by atoms with Crippen LogP contribution in [0.2, 0.25) is 5.82 Å². The van der Waals surface area contributed by atoms with E-state index in [9.17, 15) is 0 Å². The molecule has 8 heteroatoms. The highest BCUT2D eigenvalue weighted by Crippen LogP contribution is 2.54. The maximum atomic E-state index is 7.42. The van der Waals surface area contributed by atoms with Crippen LogP contribution in [0.3, 0.4) is 0 Å². The van der Waals surface area contributed by atoms with Gasteiger partial charge >= 0.3 is 0 Å². The van der Waals surface area contributed by atoms with Gasteiger partial charge in [-0.15, -0.1) is 0 Å². The van der Waals surface area contributed by atoms with Crippen LogP contribution in [-0.4, -0.2) is 25.5 Å². The number of nitrogens with zero attached hydrogens (tertiary/aromatic N) is 4. The molecule has 4 aliphatic heterocycles. The van der Waals surface area contributed by atoms with Crippen molar-refractivity contribution in [1.29, 1.82) is 0 Å². The number of allylic oxidation sites excluding steroid dienone is 3. The van der Waals surface area contributed by atoms with Gasteiger partial charge < -0.3 is 24.3 Å². The van der Waals surface area contributed by atoms with Crippen LogP contribution >= 0.6 is 11.8 Å². The number of anilines is 9. The lowest BCUT2D eigenvalue weighted by Gasteiger charge is -2.51. The second-order valence-electron chi connectivity index (χ2n) is 26.0. The van der Waals surface area contributed by atoms with Gasteiger partial charge in [-0.05, 0) is 161 Å². The van der Waals surface area contributed by atoms with Crippen LogP contribution in [0, 0.1) is 6.92 Å². The molecule has 3 aliphatic carbocycles. The normalized spacial score (nSPS) is 18.0. The predicted molar refractivity (Wildman–Crippen MR) is 392 cm³/mol. The molecule has 11 aromatic rings. The standard InChI is InChI=1S/C85H68B2N4OS/c1-57-27-26-41-69(61-32-12-4-13-33-61)85(57)91-76-56-81-73(55-72(76)87-71-43-22-25-46-79(71)92-80-53-66(51-77(91)83(80)87)88(62-34-14-5-15-35-62)63-36-16-6-17-37-63)86-70-42-21-24-45-75(70)90(64-38-18-7-19-39-64)78-52-67(54-82(93-81)84(78)86)89(65-49-47-59(48-50-65)58-28-8-2-9-29-58)74-44-23-20-40-68(74)60-30-10-3-11-31-60/h2,4-9,12-29,32-38,40-56,60,64,77,83H,3,10-11,30-31,39H2,1H3. The molecule has 446 valence electrons. The maximum Gasteiger partial charge on any atom is 0.249 e. The van der Waals surface area contributed by atoms with Crippen LogP contribution in [0.1, 0.15) is 55.6 Å². The number of aryl methyl sites for hydroxylation is 1. The molecular weight excluding hydrogens is 1150 g/mol. The molecular formula is C85H68B2N4OS. The van der Waals surface area contributed by atoms with E-state index in [1.165, 1.54) is 137 Å². The summed E-state index contributed by atoms with van der Waals surface area (Å²) >= 11 is 1.97. The Morgan fingerprint density at radius 1 is 0.495 bits per heavy atom. The molecule has 11 aromatic carbocycles. The Kier molecular flexibility index (Phi) is 13.9. The fourth-order valence-corrected chi connectivity index (χ4v) is 17.9. The van der Waals surface area contributed by atoms with Crippen molar-refractivity contribution in [3.63, 3.8) is 0 Å². The highest BCUT2D eigenvalue weighted by atomic mass is 32.2. The second kappa shape index (κ2) is 23.2. The summed E-state index contributed by atoms with van der Waals surface area (Å²) in [5, 5.41) is 0. The first kappa shape index (κ1) is 55.7. The quantitative estimate of drug-likeness (QED) is 0.120. The summed E-state index contributed by atoms with van der Waals surface area (Å²) in [6.07, 6.45) is 21.3. The summed E-state index contributed by atoms with van der Waals surface area (Å²) in [7, 11) is 0. The van der Waals surface area contributed by atoms with Crippen LogP contribution in [-0.2, 0) is 0 Å². The zero-order chi connectivity index (χ0) is 61.5. The summed E-state index contributed by atoms with van der Waals surface area (Å²) in [5.74, 6) is 2.31. The van der Waals surface area contributed by atoms with E-state index in [-0.39, 0.29) is 31.3 Å². The topological polar surface area (TPSA) is 22.2 Å². The summed E-state index contributed by atoms with van der Waals surface area (Å²) in [5.41, 5.74) is 25.9. The molecule has 18 rings (SSSR count). The third kappa shape index (κ3) is 9.46. The van der Waals surface area contributed by atoms with Gasteiger partial charge in [0.2, 0.25) is 13.4 Å². The Hall–Kier alpha value is -10.1. The van der Waals surface area contributed by atoms with Gasteiger partial charge in [-0.3, -0.25) is 0 Å². The van der Waals surface area contributed by atoms with Gasteiger partial charge in [0.15, 0.2) is 0 Å². The minimum atomic E-state index is -0.172. The molecule has 0 amide bonds. The summed E-state index contributed by atoms with van der Waals surface area (Å²) < 4.78 is 7.42. The van der Waals surface area contributed by atoms with Crippen molar-refractivity contribution in [3.05, 3.63) is 320 Å². The summed E-state index contributed by atoms with van der Waals surface area (Å²) in [6.45, 7) is 2.24. The Balaban J connectivity index is 0.894. The number of rotatable bonds is 11. The Morgan fingerprint density at radius 3 is 1.91 bits per heavy atom. The van der Waals surface area contributed by atoms with Crippen LogP contribution in [0.25, 0.3) is 22.3 Å². The minimum absolute atomic E-state index is 0.0274. The molecule has 1 saturated carbocycles. The van der Waals surface area contributed by atoms with Gasteiger partial charge in [-0.2, -0.15) is 0 Å². The predicted octanol–water partition coefficient (Wildman–Crippen LogP) is 18.7. The first-order valence-electron chi connectivity index (χ1n) is 33.4. The zero-order valence-electron chi connectivity index (χ0n) is 52.1. The molecule has 3 unspecified atom stereocenters. The highest BCUT2D eigenvalue weighted by molar-refractivity contribution is 8.00. The van der Waals surface area contributed by atoms with Crippen molar-refractivity contribution in [2.24, 2.45) is 0 Å². The fraction of sp³-hybridized carbons (Fsp3) is 0.129. The number of para-hydroxylation sites is 6. The maximum absolute atomic E-state index is 7.42. The summed E-state index contributed by atoms with van der Waals surface area (Å²) in [4.78, 5) is 13.0. The monoisotopic (exact) mass is 1210 g/mol. The van der Waals surface area contributed by atoms with Gasteiger partial charge in [-0.25, -0.2) is 0 Å². The molecule has 5 nitrogen and oxygen atoms in total. The van der Waals surface area contributed by atoms with Crippen LogP contribution in [0.15, 0.2) is 319 Å². The van der Waals surface area contributed by atoms with Gasteiger partial charge in [-0.1, -0.05) is 254 Å². The third-order valence-corrected chi connectivity index (χ3v) is 21.9. The SMILES string of the molecule is Cc1cccc(-c2ccccc2)c1N1c2cc3c(cc2B2c4ccccc4OC4=CC(N(c5ccccc5)c5ccccc5)=CC1C24)B1c2ccccc2N(C2C=CC=CC2)c2cc(N(c4ccc(-c5ccccc5)cc4)c4ccccc4C4CCCCC4)cc(c21)S3. The smallest absolute Gasteiger partial charge is 0.249 e. The van der Waals surface area contributed by atoms with E-state index in [0.29, 0.717) is 5.92 Å². The lowest BCUT2D eigenvalue weighted by molar-refractivity contribution is 0.385. The van der Waals surface area contributed by atoms with Crippen molar-refractivity contribution in [2.75, 3.05) is 19.6 Å². The third-order valence-electron chi connectivity index (χ3n) is 20.8. The molecule has 3 atom stereocenters. The number of hydrogen-bond acceptors (Lipinski definition) is 6. The van der Waals surface area contributed by atoms with Gasteiger partial charge in [0, 0.05) is 72.4 Å². The first-order chi connectivity index (χ1) is 46.1. The Bertz CT molecular complexity index is 4790. The van der Waals surface area contributed by atoms with Gasteiger partial charge in [0.25, 0.3) is 0 Å². The molecule has 0 N–H and O–H groups in total. The molecule has 7 aliphatic rings. The second-order valence-corrected chi connectivity index (χ2v) is 27.1. The van der Waals surface area contributed by atoms with Crippen molar-refractivity contribution < 1.29 is 4.74 Å². The van der Waals surface area contributed by atoms with E-state index in [0.717, 1.165) is 40.7 Å².